The molecule has 1 saturated heterocycles. The Morgan fingerprint density at radius 3 is 2.48 bits per heavy atom. The van der Waals surface area contributed by atoms with Crippen LogP contribution >= 0.6 is 0 Å². The van der Waals surface area contributed by atoms with Gasteiger partial charge in [0, 0.05) is 39.3 Å². The van der Waals surface area contributed by atoms with Crippen LogP contribution in [-0.2, 0) is 6.54 Å². The first-order valence-corrected chi connectivity index (χ1v) is 8.50. The van der Waals surface area contributed by atoms with E-state index >= 15 is 0 Å². The Bertz CT molecular complexity index is 694. The highest BCUT2D eigenvalue weighted by atomic mass is 16.1. The van der Waals surface area contributed by atoms with Crippen LogP contribution in [0.4, 0.5) is 5.82 Å². The van der Waals surface area contributed by atoms with E-state index in [1.165, 1.54) is 5.56 Å². The van der Waals surface area contributed by atoms with Gasteiger partial charge >= 0.3 is 0 Å². The smallest absolute Gasteiger partial charge is 0.272 e. The Morgan fingerprint density at radius 2 is 1.84 bits per heavy atom. The number of carbonyl (C=O) groups is 1. The van der Waals surface area contributed by atoms with E-state index in [4.69, 9.17) is 0 Å². The number of hydrogen-bond donors (Lipinski definition) is 1. The monoisotopic (exact) mass is 337 g/mol. The summed E-state index contributed by atoms with van der Waals surface area (Å²) < 4.78 is 0. The number of nitrogens with one attached hydrogen (secondary N) is 1. The summed E-state index contributed by atoms with van der Waals surface area (Å²) in [7, 11) is 0. The second-order valence-electron chi connectivity index (χ2n) is 6.02. The normalized spacial score (nSPS) is 15.0. The Hall–Kier alpha value is -2.73. The molecule has 0 radical (unpaired) electrons. The maximum Gasteiger partial charge on any atom is 0.272 e. The topological polar surface area (TPSA) is 61.4 Å². The van der Waals surface area contributed by atoms with Crippen LogP contribution in [0.1, 0.15) is 16.1 Å². The molecule has 25 heavy (non-hydrogen) atoms. The zero-order valence-corrected chi connectivity index (χ0v) is 14.3. The molecule has 1 amide bonds. The lowest BCUT2D eigenvalue weighted by molar-refractivity contribution is 0.0952. The lowest BCUT2D eigenvalue weighted by Crippen LogP contribution is -2.46. The molecule has 2 heterocycles. The molecule has 1 fully saturated rings. The van der Waals surface area contributed by atoms with Crippen LogP contribution < -0.4 is 10.2 Å². The van der Waals surface area contributed by atoms with Crippen molar-refractivity contribution in [3.05, 3.63) is 66.4 Å². The van der Waals surface area contributed by atoms with Crippen LogP contribution in [0.25, 0.3) is 0 Å². The van der Waals surface area contributed by atoms with E-state index in [9.17, 15) is 4.79 Å². The van der Waals surface area contributed by atoms with Crippen molar-refractivity contribution in [1.82, 2.24) is 20.4 Å². The van der Waals surface area contributed by atoms with Gasteiger partial charge in [-0.25, -0.2) is 0 Å². The van der Waals surface area contributed by atoms with Crippen LogP contribution in [0.5, 0.6) is 0 Å². The first-order valence-electron chi connectivity index (χ1n) is 8.50. The molecule has 1 aromatic carbocycles. The molecular formula is C19H23N5O. The number of benzene rings is 1. The molecule has 6 nitrogen and oxygen atoms in total. The maximum absolute atomic E-state index is 11.8. The van der Waals surface area contributed by atoms with E-state index in [0.29, 0.717) is 12.2 Å². The molecule has 3 rings (SSSR count). The van der Waals surface area contributed by atoms with E-state index in [-0.39, 0.29) is 5.91 Å². The molecule has 0 atom stereocenters. The van der Waals surface area contributed by atoms with Crippen molar-refractivity contribution >= 4 is 11.7 Å². The minimum Gasteiger partial charge on any atom is -0.353 e. The highest BCUT2D eigenvalue weighted by Crippen LogP contribution is 2.14. The summed E-state index contributed by atoms with van der Waals surface area (Å²) in [6.45, 7) is 8.75. The van der Waals surface area contributed by atoms with Crippen molar-refractivity contribution in [2.45, 2.75) is 6.54 Å². The summed E-state index contributed by atoms with van der Waals surface area (Å²) >= 11 is 0. The predicted octanol–water partition coefficient (Wildman–Crippen LogP) is 1.71. The Kier molecular flexibility index (Phi) is 5.74. The van der Waals surface area contributed by atoms with Gasteiger partial charge in [-0.05, 0) is 17.7 Å². The Labute approximate surface area is 148 Å². The van der Waals surface area contributed by atoms with Crippen LogP contribution in [0, 0.1) is 0 Å². The average molecular weight is 337 g/mol. The molecule has 130 valence electrons. The first kappa shape index (κ1) is 17.1. The van der Waals surface area contributed by atoms with Gasteiger partial charge in [0.1, 0.15) is 0 Å². The summed E-state index contributed by atoms with van der Waals surface area (Å²) in [5.74, 6) is 0.589. The fourth-order valence-corrected chi connectivity index (χ4v) is 2.85. The summed E-state index contributed by atoms with van der Waals surface area (Å²) in [6.07, 6.45) is 1.63. The summed E-state index contributed by atoms with van der Waals surface area (Å²) in [5.41, 5.74) is 1.67. The third kappa shape index (κ3) is 4.64. The van der Waals surface area contributed by atoms with Crippen molar-refractivity contribution in [3.8, 4) is 0 Å². The lowest BCUT2D eigenvalue weighted by atomic mass is 10.2. The maximum atomic E-state index is 11.8. The molecule has 0 saturated carbocycles. The minimum absolute atomic E-state index is 0.230. The van der Waals surface area contributed by atoms with Gasteiger partial charge in [-0.1, -0.05) is 36.4 Å². The average Bonchev–Trinajstić information content (AvgIpc) is 2.68. The third-order valence-corrected chi connectivity index (χ3v) is 4.24. The van der Waals surface area contributed by atoms with Crippen molar-refractivity contribution in [2.75, 3.05) is 37.6 Å². The van der Waals surface area contributed by atoms with Crippen LogP contribution in [0.3, 0.4) is 0 Å². The Morgan fingerprint density at radius 1 is 1.08 bits per heavy atom. The molecule has 6 heteroatoms. The fourth-order valence-electron chi connectivity index (χ4n) is 2.85. The van der Waals surface area contributed by atoms with Gasteiger partial charge in [-0.15, -0.1) is 16.8 Å². The summed E-state index contributed by atoms with van der Waals surface area (Å²) in [5, 5.41) is 10.9. The second-order valence-corrected chi connectivity index (χ2v) is 6.02. The SMILES string of the molecule is C=CCNC(=O)c1ccc(N2CCN(Cc3ccccc3)CC2)nn1. The highest BCUT2D eigenvalue weighted by Gasteiger charge is 2.19. The summed E-state index contributed by atoms with van der Waals surface area (Å²) in [4.78, 5) is 16.5. The quantitative estimate of drug-likeness (QED) is 0.813. The van der Waals surface area contributed by atoms with Crippen molar-refractivity contribution in [2.24, 2.45) is 0 Å². The van der Waals surface area contributed by atoms with E-state index in [1.54, 1.807) is 12.1 Å². The van der Waals surface area contributed by atoms with Gasteiger partial charge in [0.05, 0.1) is 0 Å². The number of aromatic nitrogens is 2. The molecule has 0 aliphatic carbocycles. The van der Waals surface area contributed by atoms with Crippen LogP contribution in [0.15, 0.2) is 55.1 Å². The zero-order valence-electron chi connectivity index (χ0n) is 14.3. The molecule has 0 bridgehead atoms. The standard InChI is InChI=1S/C19H23N5O/c1-2-10-20-19(25)17-8-9-18(22-21-17)24-13-11-23(12-14-24)15-16-6-4-3-5-7-16/h2-9H,1,10-15H2,(H,20,25). The van der Waals surface area contributed by atoms with Gasteiger partial charge in [0.25, 0.3) is 5.91 Å². The fraction of sp³-hybridized carbons (Fsp3) is 0.316. The van der Waals surface area contributed by atoms with Crippen molar-refractivity contribution < 1.29 is 4.79 Å². The van der Waals surface area contributed by atoms with Crippen LogP contribution in [0.2, 0.25) is 0 Å². The van der Waals surface area contributed by atoms with Gasteiger partial charge in [-0.2, -0.15) is 0 Å². The molecule has 1 aliphatic heterocycles. The number of nitrogens with zero attached hydrogens (tertiary/aromatic N) is 4. The van der Waals surface area contributed by atoms with Crippen molar-refractivity contribution in [1.29, 1.82) is 0 Å². The zero-order chi connectivity index (χ0) is 17.5. The van der Waals surface area contributed by atoms with E-state index in [0.717, 1.165) is 38.5 Å². The number of anilines is 1. The lowest BCUT2D eigenvalue weighted by Gasteiger charge is -2.35. The molecule has 2 aromatic rings. The predicted molar refractivity (Wildman–Crippen MR) is 98.5 cm³/mol. The largest absolute Gasteiger partial charge is 0.353 e. The molecule has 1 aromatic heterocycles. The van der Waals surface area contributed by atoms with E-state index < -0.39 is 0 Å². The van der Waals surface area contributed by atoms with Crippen molar-refractivity contribution in [3.63, 3.8) is 0 Å². The minimum atomic E-state index is -0.230. The van der Waals surface area contributed by atoms with E-state index in [2.05, 4.69) is 56.2 Å². The Balaban J connectivity index is 1.52. The first-order chi connectivity index (χ1) is 12.3. The van der Waals surface area contributed by atoms with E-state index in [1.807, 2.05) is 12.1 Å². The molecule has 1 N–H and O–H groups in total. The van der Waals surface area contributed by atoms with Gasteiger partial charge < -0.3 is 10.2 Å². The van der Waals surface area contributed by atoms with Gasteiger partial charge in [0.15, 0.2) is 11.5 Å². The van der Waals surface area contributed by atoms with Crippen LogP contribution in [-0.4, -0.2) is 53.7 Å². The number of amides is 1. The molecule has 0 spiro atoms. The third-order valence-electron chi connectivity index (χ3n) is 4.24. The highest BCUT2D eigenvalue weighted by molar-refractivity contribution is 5.92. The number of piperazine rings is 1. The van der Waals surface area contributed by atoms with Gasteiger partial charge in [-0.3, -0.25) is 9.69 Å². The molecule has 0 unspecified atom stereocenters. The number of carbonyl (C=O) groups excluding carboxylic acids is 1. The number of hydrogen-bond acceptors (Lipinski definition) is 5. The number of rotatable bonds is 6. The second kappa shape index (κ2) is 8.39. The molecular weight excluding hydrogens is 314 g/mol. The molecule has 1 aliphatic rings. The van der Waals surface area contributed by atoms with Gasteiger partial charge in [0.2, 0.25) is 0 Å². The summed E-state index contributed by atoms with van der Waals surface area (Å²) in [6, 6.07) is 14.1.